The summed E-state index contributed by atoms with van der Waals surface area (Å²) in [6.07, 6.45) is 3.70. The zero-order valence-electron chi connectivity index (χ0n) is 12.2. The first-order chi connectivity index (χ1) is 10.1. The van der Waals surface area contributed by atoms with Gasteiger partial charge < -0.3 is 9.30 Å². The predicted molar refractivity (Wildman–Crippen MR) is 78.9 cm³/mol. The lowest BCUT2D eigenvalue weighted by Gasteiger charge is -2.37. The molecule has 21 heavy (non-hydrogen) atoms. The molecule has 1 aromatic carbocycles. The largest absolute Gasteiger partial charge is 0.380 e. The second-order valence-electron chi connectivity index (χ2n) is 6.59. The van der Waals surface area contributed by atoms with Gasteiger partial charge in [0.25, 0.3) is 0 Å². The van der Waals surface area contributed by atoms with Gasteiger partial charge in [0.2, 0.25) is 0 Å². The van der Waals surface area contributed by atoms with Crippen molar-refractivity contribution in [1.29, 1.82) is 0 Å². The van der Waals surface area contributed by atoms with Gasteiger partial charge in [-0.1, -0.05) is 38.1 Å². The summed E-state index contributed by atoms with van der Waals surface area (Å²) in [4.78, 5) is 17.1. The summed E-state index contributed by atoms with van der Waals surface area (Å²) < 4.78 is 7.86. The van der Waals surface area contributed by atoms with Crippen molar-refractivity contribution in [2.45, 2.75) is 19.9 Å². The molecule has 0 N–H and O–H groups in total. The van der Waals surface area contributed by atoms with Gasteiger partial charge in [0.1, 0.15) is 5.78 Å². The standard InChI is InChI=1S/C17H18N2O2/c1-17(2)9-21-8-13(16(17)20)15-12-6-4-3-5-11(12)14-7-18-10-19(14)15/h3-7,10,13,15H,8-9H2,1-2H3. The van der Waals surface area contributed by atoms with Gasteiger partial charge in [0, 0.05) is 11.0 Å². The van der Waals surface area contributed by atoms with E-state index in [1.807, 2.05) is 38.5 Å². The van der Waals surface area contributed by atoms with Crippen molar-refractivity contribution >= 4 is 5.78 Å². The van der Waals surface area contributed by atoms with Crippen LogP contribution in [0, 0.1) is 11.3 Å². The molecular formula is C17H18N2O2. The van der Waals surface area contributed by atoms with Crippen LogP contribution in [0.15, 0.2) is 36.8 Å². The van der Waals surface area contributed by atoms with Gasteiger partial charge in [0.15, 0.2) is 0 Å². The summed E-state index contributed by atoms with van der Waals surface area (Å²) in [5.41, 5.74) is 3.05. The number of carbonyl (C=O) groups excluding carboxylic acids is 1. The number of ketones is 1. The van der Waals surface area contributed by atoms with Gasteiger partial charge in [-0.25, -0.2) is 4.98 Å². The summed E-state index contributed by atoms with van der Waals surface area (Å²) in [5.74, 6) is 0.139. The zero-order chi connectivity index (χ0) is 14.6. The first-order valence-corrected chi connectivity index (χ1v) is 7.33. The average molecular weight is 282 g/mol. The Bertz CT molecular complexity index is 717. The molecule has 4 rings (SSSR count). The molecule has 2 aliphatic rings. The van der Waals surface area contributed by atoms with Crippen LogP contribution in [0.2, 0.25) is 0 Å². The zero-order valence-corrected chi connectivity index (χ0v) is 12.2. The van der Waals surface area contributed by atoms with Crippen molar-refractivity contribution in [2.75, 3.05) is 13.2 Å². The third-order valence-electron chi connectivity index (χ3n) is 4.67. The minimum absolute atomic E-state index is 0.00535. The molecule has 0 spiro atoms. The summed E-state index contributed by atoms with van der Waals surface area (Å²) in [6.45, 7) is 4.93. The molecule has 2 unspecified atom stereocenters. The molecule has 0 aliphatic carbocycles. The fourth-order valence-electron chi connectivity index (χ4n) is 3.61. The number of imidazole rings is 1. The molecule has 2 aliphatic heterocycles. The van der Waals surface area contributed by atoms with Crippen molar-refractivity contribution in [1.82, 2.24) is 9.55 Å². The molecule has 4 heteroatoms. The van der Waals surface area contributed by atoms with Crippen LogP contribution in [0.1, 0.15) is 25.5 Å². The van der Waals surface area contributed by atoms with E-state index in [-0.39, 0.29) is 17.7 Å². The fourth-order valence-corrected chi connectivity index (χ4v) is 3.61. The normalized spacial score (nSPS) is 26.5. The summed E-state index contributed by atoms with van der Waals surface area (Å²) >= 11 is 0. The van der Waals surface area contributed by atoms with E-state index >= 15 is 0 Å². The van der Waals surface area contributed by atoms with Gasteiger partial charge in [-0.15, -0.1) is 0 Å². The number of aromatic nitrogens is 2. The summed E-state index contributed by atoms with van der Waals surface area (Å²) in [7, 11) is 0. The molecule has 0 amide bonds. The minimum atomic E-state index is -0.415. The molecule has 1 saturated heterocycles. The Morgan fingerprint density at radius 2 is 2.14 bits per heavy atom. The quantitative estimate of drug-likeness (QED) is 0.807. The maximum Gasteiger partial charge on any atom is 0.148 e. The fraction of sp³-hybridized carbons (Fsp3) is 0.412. The number of carbonyl (C=O) groups is 1. The molecule has 4 nitrogen and oxygen atoms in total. The first kappa shape index (κ1) is 12.8. The van der Waals surface area contributed by atoms with E-state index in [1.165, 1.54) is 11.1 Å². The monoisotopic (exact) mass is 282 g/mol. The number of nitrogens with zero attached hydrogens (tertiary/aromatic N) is 2. The number of benzene rings is 1. The van der Waals surface area contributed by atoms with Gasteiger partial charge in [-0.3, -0.25) is 4.79 Å². The molecule has 0 saturated carbocycles. The molecule has 0 bridgehead atoms. The van der Waals surface area contributed by atoms with Gasteiger partial charge in [-0.2, -0.15) is 0 Å². The van der Waals surface area contributed by atoms with Crippen molar-refractivity contribution in [3.8, 4) is 11.3 Å². The molecule has 0 radical (unpaired) electrons. The smallest absolute Gasteiger partial charge is 0.148 e. The highest BCUT2D eigenvalue weighted by atomic mass is 16.5. The van der Waals surface area contributed by atoms with Crippen LogP contribution in [-0.4, -0.2) is 28.5 Å². The number of fused-ring (bicyclic) bond motifs is 3. The van der Waals surface area contributed by atoms with Gasteiger partial charge in [-0.05, 0) is 5.56 Å². The van der Waals surface area contributed by atoms with Gasteiger partial charge in [0.05, 0.1) is 43.4 Å². The molecule has 3 heterocycles. The lowest BCUT2D eigenvalue weighted by Crippen LogP contribution is -2.45. The number of ether oxygens (including phenoxy) is 1. The molecule has 2 aromatic rings. The number of hydrogen-bond donors (Lipinski definition) is 0. The summed E-state index contributed by atoms with van der Waals surface area (Å²) in [5, 5.41) is 0. The van der Waals surface area contributed by atoms with Crippen LogP contribution >= 0.6 is 0 Å². The molecule has 2 atom stereocenters. The Hall–Kier alpha value is -1.94. The van der Waals surface area contributed by atoms with Crippen LogP contribution in [0.5, 0.6) is 0 Å². The van der Waals surface area contributed by atoms with E-state index in [1.54, 1.807) is 0 Å². The third kappa shape index (κ3) is 1.72. The first-order valence-electron chi connectivity index (χ1n) is 7.33. The number of Topliss-reactive ketones (excluding diaryl/α,β-unsaturated/α-hetero) is 1. The number of rotatable bonds is 1. The lowest BCUT2D eigenvalue weighted by molar-refractivity contribution is -0.146. The predicted octanol–water partition coefficient (Wildman–Crippen LogP) is 2.69. The minimum Gasteiger partial charge on any atom is -0.380 e. The Balaban J connectivity index is 1.84. The Morgan fingerprint density at radius 1 is 1.33 bits per heavy atom. The molecule has 1 aromatic heterocycles. The van der Waals surface area contributed by atoms with E-state index in [9.17, 15) is 4.79 Å². The lowest BCUT2D eigenvalue weighted by atomic mass is 9.76. The van der Waals surface area contributed by atoms with E-state index in [2.05, 4.69) is 21.7 Å². The Morgan fingerprint density at radius 3 is 3.00 bits per heavy atom. The van der Waals surface area contributed by atoms with Crippen LogP contribution in [0.4, 0.5) is 0 Å². The average Bonchev–Trinajstić information content (AvgIpc) is 3.03. The SMILES string of the molecule is CC1(C)COCC(C2c3ccccc3-c3cncn32)C1=O. The van der Waals surface area contributed by atoms with E-state index < -0.39 is 5.41 Å². The maximum absolute atomic E-state index is 12.9. The maximum atomic E-state index is 12.9. The highest BCUT2D eigenvalue weighted by Gasteiger charge is 2.45. The molecular weight excluding hydrogens is 264 g/mol. The van der Waals surface area contributed by atoms with Crippen LogP contribution in [0.3, 0.4) is 0 Å². The van der Waals surface area contributed by atoms with Crippen LogP contribution in [0.25, 0.3) is 11.3 Å². The second-order valence-corrected chi connectivity index (χ2v) is 6.59. The highest BCUT2D eigenvalue weighted by molar-refractivity contribution is 5.89. The Labute approximate surface area is 123 Å². The number of hydrogen-bond acceptors (Lipinski definition) is 3. The second kappa shape index (κ2) is 4.28. The van der Waals surface area contributed by atoms with Crippen molar-refractivity contribution in [3.63, 3.8) is 0 Å². The van der Waals surface area contributed by atoms with Crippen LogP contribution < -0.4 is 0 Å². The topological polar surface area (TPSA) is 44.1 Å². The Kier molecular flexibility index (Phi) is 2.60. The molecule has 108 valence electrons. The van der Waals surface area contributed by atoms with Crippen molar-refractivity contribution in [3.05, 3.63) is 42.4 Å². The highest BCUT2D eigenvalue weighted by Crippen LogP contribution is 2.45. The molecule has 1 fully saturated rings. The van der Waals surface area contributed by atoms with Crippen molar-refractivity contribution < 1.29 is 9.53 Å². The van der Waals surface area contributed by atoms with Gasteiger partial charge >= 0.3 is 0 Å². The summed E-state index contributed by atoms with van der Waals surface area (Å²) in [6, 6.07) is 8.28. The van der Waals surface area contributed by atoms with Crippen LogP contribution in [-0.2, 0) is 9.53 Å². The van der Waals surface area contributed by atoms with E-state index in [0.717, 1.165) is 5.69 Å². The van der Waals surface area contributed by atoms with E-state index in [4.69, 9.17) is 4.74 Å². The van der Waals surface area contributed by atoms with E-state index in [0.29, 0.717) is 13.2 Å². The van der Waals surface area contributed by atoms with Crippen molar-refractivity contribution in [2.24, 2.45) is 11.3 Å². The third-order valence-corrected chi connectivity index (χ3v) is 4.67.